The second kappa shape index (κ2) is 6.27. The van der Waals surface area contributed by atoms with Crippen LogP contribution in [0.1, 0.15) is 6.92 Å². The van der Waals surface area contributed by atoms with Crippen molar-refractivity contribution in [3.8, 4) is 0 Å². The summed E-state index contributed by atoms with van der Waals surface area (Å²) in [5, 5.41) is 0. The van der Waals surface area contributed by atoms with Crippen LogP contribution in [-0.4, -0.2) is 19.8 Å². The highest BCUT2D eigenvalue weighted by Gasteiger charge is 1.77. The Balaban J connectivity index is 2.45. The first-order chi connectivity index (χ1) is 3.41. The van der Waals surface area contributed by atoms with E-state index in [4.69, 9.17) is 4.74 Å². The Hall–Kier alpha value is 0.270. The summed E-state index contributed by atoms with van der Waals surface area (Å²) in [5.41, 5.74) is 0. The third-order valence-corrected chi connectivity index (χ3v) is 0.786. The fourth-order valence-electron chi connectivity index (χ4n) is 0.262. The van der Waals surface area contributed by atoms with Crippen LogP contribution in [0.2, 0.25) is 0 Å². The molecule has 0 heterocycles. The van der Waals surface area contributed by atoms with Gasteiger partial charge in [-0.05, 0) is 6.92 Å². The predicted octanol–water partition coefficient (Wildman–Crippen LogP) is 0.457. The summed E-state index contributed by atoms with van der Waals surface area (Å²) in [6.07, 6.45) is 0. The Morgan fingerprint density at radius 3 is 2.86 bits per heavy atom. The zero-order valence-corrected chi connectivity index (χ0v) is 5.37. The van der Waals surface area contributed by atoms with Crippen LogP contribution >= 0.6 is 12.8 Å². The van der Waals surface area contributed by atoms with Crippen LogP contribution in [0.25, 0.3) is 0 Å². The lowest BCUT2D eigenvalue weighted by molar-refractivity contribution is 0.153. The molecule has 1 N–H and O–H groups in total. The predicted molar refractivity (Wildman–Crippen MR) is 33.5 cm³/mol. The molecule has 0 aliphatic rings. The van der Waals surface area contributed by atoms with E-state index in [1.54, 1.807) is 0 Å². The summed E-state index contributed by atoms with van der Waals surface area (Å²) in [7, 11) is 0. The van der Waals surface area contributed by atoms with E-state index in [0.29, 0.717) is 0 Å². The van der Waals surface area contributed by atoms with Gasteiger partial charge in [0.25, 0.3) is 0 Å². The Bertz CT molecular complexity index is 30.9. The van der Waals surface area contributed by atoms with Gasteiger partial charge < -0.3 is 4.74 Å². The van der Waals surface area contributed by atoms with E-state index in [1.807, 2.05) is 6.92 Å². The maximum absolute atomic E-state index is 4.96. The topological polar surface area (TPSA) is 21.3 Å². The molecule has 44 valence electrons. The molecule has 0 unspecified atom stereocenters. The number of rotatable bonds is 4. The van der Waals surface area contributed by atoms with Crippen LogP contribution in [-0.2, 0) is 4.74 Å². The first-order valence-electron chi connectivity index (χ1n) is 2.36. The van der Waals surface area contributed by atoms with Gasteiger partial charge in [-0.2, -0.15) is 0 Å². The fraction of sp³-hybridized carbons (Fsp3) is 1.00. The Labute approximate surface area is 49.8 Å². The average molecular weight is 121 g/mol. The van der Waals surface area contributed by atoms with E-state index in [-0.39, 0.29) is 0 Å². The van der Waals surface area contributed by atoms with Crippen molar-refractivity contribution in [2.45, 2.75) is 6.92 Å². The monoisotopic (exact) mass is 121 g/mol. The number of ether oxygens (including phenoxy) is 1. The van der Waals surface area contributed by atoms with Crippen molar-refractivity contribution in [2.24, 2.45) is 0 Å². The minimum atomic E-state index is 0.750. The molecule has 2 nitrogen and oxygen atoms in total. The van der Waals surface area contributed by atoms with Crippen molar-refractivity contribution in [1.82, 2.24) is 4.72 Å². The van der Waals surface area contributed by atoms with Gasteiger partial charge >= 0.3 is 0 Å². The van der Waals surface area contributed by atoms with Crippen molar-refractivity contribution in [3.05, 3.63) is 0 Å². The lowest BCUT2D eigenvalue weighted by atomic mass is 10.7. The van der Waals surface area contributed by atoms with Crippen LogP contribution in [0.15, 0.2) is 0 Å². The van der Waals surface area contributed by atoms with Gasteiger partial charge in [0.2, 0.25) is 0 Å². The summed E-state index contributed by atoms with van der Waals surface area (Å²) in [6.45, 7) is 4.32. The molecule has 0 saturated heterocycles. The highest BCUT2D eigenvalue weighted by atomic mass is 32.1. The summed E-state index contributed by atoms with van der Waals surface area (Å²) < 4.78 is 7.63. The van der Waals surface area contributed by atoms with Crippen molar-refractivity contribution in [1.29, 1.82) is 0 Å². The smallest absolute Gasteiger partial charge is 0.0600 e. The SMILES string of the molecule is CCOCCNS. The summed E-state index contributed by atoms with van der Waals surface area (Å²) in [5.74, 6) is 0. The molecular weight excluding hydrogens is 110 g/mol. The van der Waals surface area contributed by atoms with E-state index in [1.165, 1.54) is 0 Å². The fourth-order valence-corrected chi connectivity index (χ4v) is 0.353. The highest BCUT2D eigenvalue weighted by Crippen LogP contribution is 1.69. The van der Waals surface area contributed by atoms with Gasteiger partial charge in [-0.15, -0.1) is 0 Å². The minimum Gasteiger partial charge on any atom is -0.380 e. The second-order valence-electron chi connectivity index (χ2n) is 1.11. The first-order valence-corrected chi connectivity index (χ1v) is 2.81. The summed E-state index contributed by atoms with van der Waals surface area (Å²) >= 11 is 3.76. The van der Waals surface area contributed by atoms with Crippen molar-refractivity contribution in [3.63, 3.8) is 0 Å². The van der Waals surface area contributed by atoms with Gasteiger partial charge in [-0.1, -0.05) is 12.8 Å². The molecular formula is C4H11NOS. The van der Waals surface area contributed by atoms with Gasteiger partial charge in [0.15, 0.2) is 0 Å². The molecule has 0 radical (unpaired) electrons. The Morgan fingerprint density at radius 1 is 1.71 bits per heavy atom. The largest absolute Gasteiger partial charge is 0.380 e. The molecule has 0 atom stereocenters. The first kappa shape index (κ1) is 7.27. The molecule has 0 fully saturated rings. The maximum Gasteiger partial charge on any atom is 0.0600 e. The highest BCUT2D eigenvalue weighted by molar-refractivity contribution is 7.78. The molecule has 0 aromatic heterocycles. The minimum absolute atomic E-state index is 0.750. The van der Waals surface area contributed by atoms with Crippen LogP contribution in [0.5, 0.6) is 0 Å². The van der Waals surface area contributed by atoms with Crippen molar-refractivity contribution in [2.75, 3.05) is 19.8 Å². The van der Waals surface area contributed by atoms with E-state index in [2.05, 4.69) is 17.5 Å². The molecule has 0 rings (SSSR count). The molecule has 0 aromatic carbocycles. The summed E-state index contributed by atoms with van der Waals surface area (Å²) in [4.78, 5) is 0. The molecule has 0 aliphatic heterocycles. The van der Waals surface area contributed by atoms with E-state index in [9.17, 15) is 0 Å². The van der Waals surface area contributed by atoms with Crippen LogP contribution in [0, 0.1) is 0 Å². The molecule has 0 spiro atoms. The van der Waals surface area contributed by atoms with Gasteiger partial charge in [-0.25, -0.2) is 0 Å². The molecule has 0 aliphatic carbocycles. The standard InChI is InChI=1S/C4H11NOS/c1-2-6-4-3-5-7/h5,7H,2-4H2,1H3. The molecule has 0 aromatic rings. The zero-order chi connectivity index (χ0) is 5.54. The van der Waals surface area contributed by atoms with E-state index in [0.717, 1.165) is 19.8 Å². The van der Waals surface area contributed by atoms with Gasteiger partial charge in [-0.3, -0.25) is 4.72 Å². The van der Waals surface area contributed by atoms with E-state index >= 15 is 0 Å². The third-order valence-electron chi connectivity index (χ3n) is 0.562. The normalized spacial score (nSPS) is 9.43. The quantitative estimate of drug-likeness (QED) is 0.416. The van der Waals surface area contributed by atoms with Crippen LogP contribution in [0.4, 0.5) is 0 Å². The van der Waals surface area contributed by atoms with Crippen molar-refractivity contribution < 1.29 is 4.74 Å². The average Bonchev–Trinajstić information content (AvgIpc) is 1.69. The molecule has 0 amide bonds. The third kappa shape index (κ3) is 6.27. The molecule has 3 heteroatoms. The number of nitrogens with one attached hydrogen (secondary N) is 1. The Kier molecular flexibility index (Phi) is 6.51. The Morgan fingerprint density at radius 2 is 2.43 bits per heavy atom. The van der Waals surface area contributed by atoms with Crippen molar-refractivity contribution >= 4 is 12.8 Å². The number of hydrogen-bond donors (Lipinski definition) is 2. The lowest BCUT2D eigenvalue weighted by Gasteiger charge is -1.95. The number of thiol groups is 1. The molecule has 0 bridgehead atoms. The van der Waals surface area contributed by atoms with Crippen LogP contribution in [0.3, 0.4) is 0 Å². The molecule has 0 saturated carbocycles. The molecule has 7 heavy (non-hydrogen) atoms. The van der Waals surface area contributed by atoms with E-state index < -0.39 is 0 Å². The lowest BCUT2D eigenvalue weighted by Crippen LogP contribution is -2.08. The maximum atomic E-state index is 4.96. The van der Waals surface area contributed by atoms with Gasteiger partial charge in [0, 0.05) is 13.2 Å². The van der Waals surface area contributed by atoms with Gasteiger partial charge in [0.05, 0.1) is 6.61 Å². The van der Waals surface area contributed by atoms with Gasteiger partial charge in [0.1, 0.15) is 0 Å². The number of hydrogen-bond acceptors (Lipinski definition) is 3. The summed E-state index contributed by atoms with van der Waals surface area (Å²) in [6, 6.07) is 0. The zero-order valence-electron chi connectivity index (χ0n) is 4.48. The van der Waals surface area contributed by atoms with Crippen LogP contribution < -0.4 is 4.72 Å². The second-order valence-corrected chi connectivity index (χ2v) is 1.42.